The summed E-state index contributed by atoms with van der Waals surface area (Å²) in [6, 6.07) is 9.10. The zero-order valence-electron chi connectivity index (χ0n) is 12.6. The third kappa shape index (κ3) is 3.34. The molecule has 0 saturated carbocycles. The van der Waals surface area contributed by atoms with Gasteiger partial charge in [0.2, 0.25) is 10.1 Å². The van der Waals surface area contributed by atoms with E-state index in [2.05, 4.69) is 15.5 Å². The summed E-state index contributed by atoms with van der Waals surface area (Å²) < 4.78 is 38.1. The fraction of sp³-hybridized carbons (Fsp3) is 0.357. The fourth-order valence-corrected chi connectivity index (χ4v) is 3.12. The van der Waals surface area contributed by atoms with E-state index in [1.165, 1.54) is 9.80 Å². The van der Waals surface area contributed by atoms with E-state index >= 15 is 0 Å². The van der Waals surface area contributed by atoms with Crippen molar-refractivity contribution in [2.45, 2.75) is 18.9 Å². The maximum Gasteiger partial charge on any atom is 0.445 e. The first-order valence-corrected chi connectivity index (χ1v) is 7.90. The van der Waals surface area contributed by atoms with Gasteiger partial charge in [0.15, 0.2) is 0 Å². The predicted octanol–water partition coefficient (Wildman–Crippen LogP) is 2.54. The van der Waals surface area contributed by atoms with Gasteiger partial charge < -0.3 is 4.90 Å². The van der Waals surface area contributed by atoms with Crippen molar-refractivity contribution in [2.24, 2.45) is 0 Å². The van der Waals surface area contributed by atoms with Gasteiger partial charge in [-0.05, 0) is 5.56 Å². The van der Waals surface area contributed by atoms with Crippen LogP contribution in [0.3, 0.4) is 0 Å². The van der Waals surface area contributed by atoms with E-state index in [9.17, 15) is 18.0 Å². The lowest BCUT2D eigenvalue weighted by Gasteiger charge is -2.21. The summed E-state index contributed by atoms with van der Waals surface area (Å²) in [6.07, 6.45) is -5.05. The molecule has 1 aliphatic rings. The average molecular weight is 357 g/mol. The average Bonchev–Trinajstić information content (AvgIpc) is 3.12. The number of rotatable bonds is 4. The standard InChI is InChI=1S/C14H14F3N5OS/c1-21-8-10(18-7-9-5-3-2-4-6-9)22(13(21)23)12-20-19-11(24-12)14(15,16)17/h2-6,10,18H,7-8H2,1H3. The number of carbonyl (C=O) groups is 1. The summed E-state index contributed by atoms with van der Waals surface area (Å²) in [4.78, 5) is 14.9. The number of likely N-dealkylation sites (N-methyl/N-ethyl adjacent to an activating group) is 1. The van der Waals surface area contributed by atoms with Crippen LogP contribution in [0.1, 0.15) is 10.6 Å². The van der Waals surface area contributed by atoms with E-state index < -0.39 is 23.4 Å². The Bertz CT molecular complexity index is 721. The van der Waals surface area contributed by atoms with E-state index in [0.29, 0.717) is 24.4 Å². The number of alkyl halides is 3. The van der Waals surface area contributed by atoms with Crippen molar-refractivity contribution >= 4 is 22.5 Å². The van der Waals surface area contributed by atoms with Crippen molar-refractivity contribution in [3.8, 4) is 0 Å². The second kappa shape index (κ2) is 6.36. The predicted molar refractivity (Wildman–Crippen MR) is 82.5 cm³/mol. The molecule has 6 nitrogen and oxygen atoms in total. The number of urea groups is 1. The first kappa shape index (κ1) is 16.7. The third-order valence-corrected chi connectivity index (χ3v) is 4.51. The molecule has 2 heterocycles. The second-order valence-electron chi connectivity index (χ2n) is 5.30. The highest BCUT2D eigenvalue weighted by atomic mass is 32.1. The van der Waals surface area contributed by atoms with Crippen LogP contribution >= 0.6 is 11.3 Å². The Morgan fingerprint density at radius 2 is 2.00 bits per heavy atom. The first-order valence-electron chi connectivity index (χ1n) is 7.08. The van der Waals surface area contributed by atoms with Gasteiger partial charge in [-0.3, -0.25) is 10.2 Å². The normalized spacial score (nSPS) is 18.5. The van der Waals surface area contributed by atoms with Crippen LogP contribution in [-0.2, 0) is 12.7 Å². The highest BCUT2D eigenvalue weighted by molar-refractivity contribution is 7.15. The summed E-state index contributed by atoms with van der Waals surface area (Å²) in [5, 5.41) is 8.73. The molecule has 1 atom stereocenters. The van der Waals surface area contributed by atoms with Crippen molar-refractivity contribution < 1.29 is 18.0 Å². The molecule has 1 unspecified atom stereocenters. The molecule has 1 aromatic carbocycles. The number of aromatic nitrogens is 2. The Hall–Kier alpha value is -2.20. The van der Waals surface area contributed by atoms with Crippen LogP contribution in [0.2, 0.25) is 0 Å². The highest BCUT2D eigenvalue weighted by Crippen LogP contribution is 2.35. The number of carbonyl (C=O) groups excluding carboxylic acids is 1. The lowest BCUT2D eigenvalue weighted by atomic mass is 10.2. The van der Waals surface area contributed by atoms with Gasteiger partial charge >= 0.3 is 12.2 Å². The number of nitrogens with zero attached hydrogens (tertiary/aromatic N) is 4. The minimum atomic E-state index is -4.57. The van der Waals surface area contributed by atoms with Crippen LogP contribution in [-0.4, -0.2) is 40.9 Å². The minimum Gasteiger partial charge on any atom is -0.324 e. The van der Waals surface area contributed by atoms with Crippen molar-refractivity contribution in [1.29, 1.82) is 0 Å². The molecule has 24 heavy (non-hydrogen) atoms. The zero-order chi connectivity index (χ0) is 17.3. The SMILES string of the molecule is CN1CC(NCc2ccccc2)N(c2nnc(C(F)(F)F)s2)C1=O. The molecule has 1 aliphatic heterocycles. The molecule has 0 bridgehead atoms. The lowest BCUT2D eigenvalue weighted by molar-refractivity contribution is -0.138. The molecular formula is C14H14F3N5OS. The van der Waals surface area contributed by atoms with E-state index in [1.807, 2.05) is 30.3 Å². The molecule has 0 spiro atoms. The molecule has 1 aromatic heterocycles. The summed E-state index contributed by atoms with van der Waals surface area (Å²) >= 11 is 0.359. The van der Waals surface area contributed by atoms with E-state index in [-0.39, 0.29) is 5.13 Å². The van der Waals surface area contributed by atoms with Crippen LogP contribution in [0.25, 0.3) is 0 Å². The van der Waals surface area contributed by atoms with E-state index in [4.69, 9.17) is 0 Å². The number of nitrogens with one attached hydrogen (secondary N) is 1. The Morgan fingerprint density at radius 1 is 1.29 bits per heavy atom. The van der Waals surface area contributed by atoms with Gasteiger partial charge in [0.25, 0.3) is 0 Å². The van der Waals surface area contributed by atoms with Gasteiger partial charge in [-0.1, -0.05) is 41.7 Å². The molecule has 3 rings (SSSR count). The molecule has 1 fully saturated rings. The largest absolute Gasteiger partial charge is 0.445 e. The molecule has 0 aliphatic carbocycles. The van der Waals surface area contributed by atoms with Crippen LogP contribution in [0.4, 0.5) is 23.1 Å². The Morgan fingerprint density at radius 3 is 2.62 bits per heavy atom. The number of hydrogen-bond donors (Lipinski definition) is 1. The van der Waals surface area contributed by atoms with Crippen molar-refractivity contribution in [3.05, 3.63) is 40.9 Å². The fourth-order valence-electron chi connectivity index (χ4n) is 2.37. The molecule has 2 aromatic rings. The smallest absolute Gasteiger partial charge is 0.324 e. The zero-order valence-corrected chi connectivity index (χ0v) is 13.4. The molecule has 10 heteroatoms. The first-order chi connectivity index (χ1) is 11.4. The number of hydrogen-bond acceptors (Lipinski definition) is 5. The summed E-state index contributed by atoms with van der Waals surface area (Å²) in [5.74, 6) is 0. The van der Waals surface area contributed by atoms with Gasteiger partial charge in [-0.25, -0.2) is 4.79 Å². The van der Waals surface area contributed by atoms with Crippen LogP contribution in [0.5, 0.6) is 0 Å². The maximum absolute atomic E-state index is 12.7. The van der Waals surface area contributed by atoms with Gasteiger partial charge in [0.05, 0.1) is 6.54 Å². The molecule has 1 N–H and O–H groups in total. The van der Waals surface area contributed by atoms with Gasteiger partial charge in [0.1, 0.15) is 6.17 Å². The molecular weight excluding hydrogens is 343 g/mol. The maximum atomic E-state index is 12.7. The van der Waals surface area contributed by atoms with Crippen molar-refractivity contribution in [3.63, 3.8) is 0 Å². The lowest BCUT2D eigenvalue weighted by Crippen LogP contribution is -2.44. The Balaban J connectivity index is 1.78. The Labute approximate surface area is 139 Å². The summed E-state index contributed by atoms with van der Waals surface area (Å²) in [7, 11) is 1.59. The molecule has 0 radical (unpaired) electrons. The number of anilines is 1. The summed E-state index contributed by atoms with van der Waals surface area (Å²) in [6.45, 7) is 0.820. The van der Waals surface area contributed by atoms with Gasteiger partial charge in [-0.2, -0.15) is 13.2 Å². The molecule has 2 amide bonds. The number of benzene rings is 1. The molecule has 1 saturated heterocycles. The van der Waals surface area contributed by atoms with E-state index in [1.54, 1.807) is 7.05 Å². The molecule has 128 valence electrons. The van der Waals surface area contributed by atoms with Gasteiger partial charge in [0, 0.05) is 13.6 Å². The highest BCUT2D eigenvalue weighted by Gasteiger charge is 2.41. The van der Waals surface area contributed by atoms with Gasteiger partial charge in [-0.15, -0.1) is 10.2 Å². The monoisotopic (exact) mass is 357 g/mol. The quantitative estimate of drug-likeness (QED) is 0.914. The van der Waals surface area contributed by atoms with Crippen LogP contribution in [0.15, 0.2) is 30.3 Å². The van der Waals surface area contributed by atoms with Crippen LogP contribution < -0.4 is 10.2 Å². The minimum absolute atomic E-state index is 0.0674. The van der Waals surface area contributed by atoms with Crippen molar-refractivity contribution in [1.82, 2.24) is 20.4 Å². The summed E-state index contributed by atoms with van der Waals surface area (Å²) in [5.41, 5.74) is 1.01. The van der Waals surface area contributed by atoms with E-state index in [0.717, 1.165) is 5.56 Å². The second-order valence-corrected chi connectivity index (χ2v) is 6.26. The Kier molecular flexibility index (Phi) is 4.41. The number of halogens is 3. The van der Waals surface area contributed by atoms with Crippen molar-refractivity contribution in [2.75, 3.05) is 18.5 Å². The van der Waals surface area contributed by atoms with Crippen LogP contribution in [0, 0.1) is 0 Å². The number of amides is 2. The third-order valence-electron chi connectivity index (χ3n) is 3.54. The topological polar surface area (TPSA) is 61.4 Å².